The van der Waals surface area contributed by atoms with Gasteiger partial charge in [0.1, 0.15) is 0 Å². The summed E-state index contributed by atoms with van der Waals surface area (Å²) in [5, 5.41) is 11.4. The molecule has 0 heterocycles. The molecule has 0 aromatic heterocycles. The summed E-state index contributed by atoms with van der Waals surface area (Å²) in [6, 6.07) is 8.78. The highest BCUT2D eigenvalue weighted by Gasteiger charge is 2.60. The third-order valence-corrected chi connectivity index (χ3v) is 9.88. The molecule has 4 saturated carbocycles. The fourth-order valence-corrected chi connectivity index (χ4v) is 8.17. The Kier molecular flexibility index (Phi) is 4.54. The second-order valence-electron chi connectivity index (χ2n) is 11.2. The van der Waals surface area contributed by atoms with Gasteiger partial charge in [0.2, 0.25) is 0 Å². The largest absolute Gasteiger partial charge is 0.388 e. The number of fused-ring (bicyclic) bond motifs is 5. The highest BCUT2D eigenvalue weighted by atomic mass is 16.3. The van der Waals surface area contributed by atoms with E-state index in [4.69, 9.17) is 0 Å². The Balaban J connectivity index is 1.45. The van der Waals surface area contributed by atoms with E-state index in [1.54, 1.807) is 0 Å². The maximum Gasteiger partial charge on any atom is 0.0809 e. The van der Waals surface area contributed by atoms with Crippen LogP contribution in [0.5, 0.6) is 0 Å². The molecular formula is C27H38O. The van der Waals surface area contributed by atoms with Gasteiger partial charge in [0.25, 0.3) is 0 Å². The van der Waals surface area contributed by atoms with E-state index in [2.05, 4.69) is 51.1 Å². The van der Waals surface area contributed by atoms with Crippen molar-refractivity contribution in [3.63, 3.8) is 0 Å². The van der Waals surface area contributed by atoms with Crippen molar-refractivity contribution in [2.24, 2.45) is 34.5 Å². The Morgan fingerprint density at radius 2 is 1.68 bits per heavy atom. The van der Waals surface area contributed by atoms with E-state index in [0.717, 1.165) is 24.2 Å². The summed E-state index contributed by atoms with van der Waals surface area (Å²) >= 11 is 0. The maximum absolute atomic E-state index is 11.4. The number of benzene rings is 1. The van der Waals surface area contributed by atoms with E-state index in [1.807, 2.05) is 0 Å². The van der Waals surface area contributed by atoms with Gasteiger partial charge >= 0.3 is 0 Å². The zero-order chi connectivity index (χ0) is 19.5. The highest BCUT2D eigenvalue weighted by molar-refractivity contribution is 5.56. The summed E-state index contributed by atoms with van der Waals surface area (Å²) in [7, 11) is 0. The van der Waals surface area contributed by atoms with Crippen LogP contribution in [0.15, 0.2) is 29.8 Å². The molecule has 5 rings (SSSR count). The number of hydrogen-bond acceptors (Lipinski definition) is 1. The Hall–Kier alpha value is -1.08. The van der Waals surface area contributed by atoms with Gasteiger partial charge in [-0.25, -0.2) is 0 Å². The van der Waals surface area contributed by atoms with Gasteiger partial charge in [-0.05, 0) is 92.1 Å². The second kappa shape index (κ2) is 6.73. The Morgan fingerprint density at radius 3 is 2.46 bits per heavy atom. The molecule has 0 radical (unpaired) electrons. The number of aryl methyl sites for hydroxylation is 1. The molecule has 1 heteroatoms. The summed E-state index contributed by atoms with van der Waals surface area (Å²) in [6.07, 6.45) is 14.4. The van der Waals surface area contributed by atoms with E-state index in [0.29, 0.717) is 11.3 Å². The SMILES string of the molecule is Cc1ccc(/C=C2/C[C@@H]3[C@H]4CC[C@H]5CCCC[C@]5(C)[C@@H]4CC[C@@]3(C)[C@@H]2O)cc1. The normalized spacial score (nSPS) is 46.7. The maximum atomic E-state index is 11.4. The lowest BCUT2D eigenvalue weighted by atomic mass is 9.45. The average Bonchev–Trinajstić information content (AvgIpc) is 2.94. The van der Waals surface area contributed by atoms with Crippen molar-refractivity contribution in [1.29, 1.82) is 0 Å². The van der Waals surface area contributed by atoms with E-state index in [9.17, 15) is 5.11 Å². The van der Waals surface area contributed by atoms with Crippen LogP contribution in [-0.2, 0) is 0 Å². The van der Waals surface area contributed by atoms with Crippen LogP contribution in [-0.4, -0.2) is 11.2 Å². The van der Waals surface area contributed by atoms with E-state index in [1.165, 1.54) is 68.1 Å². The minimum Gasteiger partial charge on any atom is -0.388 e. The minimum absolute atomic E-state index is 0.0928. The average molecular weight is 379 g/mol. The third-order valence-electron chi connectivity index (χ3n) is 9.88. The molecule has 1 N–H and O–H groups in total. The molecule has 0 saturated heterocycles. The van der Waals surface area contributed by atoms with Crippen LogP contribution in [0.4, 0.5) is 0 Å². The van der Waals surface area contributed by atoms with E-state index in [-0.39, 0.29) is 11.5 Å². The van der Waals surface area contributed by atoms with E-state index < -0.39 is 0 Å². The second-order valence-corrected chi connectivity index (χ2v) is 11.2. The van der Waals surface area contributed by atoms with Crippen LogP contribution in [0.2, 0.25) is 0 Å². The quantitative estimate of drug-likeness (QED) is 0.571. The molecule has 0 bridgehead atoms. The minimum atomic E-state index is -0.253. The van der Waals surface area contributed by atoms with Crippen LogP contribution in [0.25, 0.3) is 6.08 Å². The molecule has 28 heavy (non-hydrogen) atoms. The summed E-state index contributed by atoms with van der Waals surface area (Å²) in [4.78, 5) is 0. The van der Waals surface area contributed by atoms with Crippen molar-refractivity contribution in [3.8, 4) is 0 Å². The Bertz CT molecular complexity index is 761. The van der Waals surface area contributed by atoms with Gasteiger partial charge in [0.15, 0.2) is 0 Å². The monoisotopic (exact) mass is 378 g/mol. The topological polar surface area (TPSA) is 20.2 Å². The lowest BCUT2D eigenvalue weighted by Gasteiger charge is -2.60. The first-order chi connectivity index (χ1) is 13.4. The predicted octanol–water partition coefficient (Wildman–Crippen LogP) is 6.78. The van der Waals surface area contributed by atoms with Crippen LogP contribution in [0.3, 0.4) is 0 Å². The molecule has 0 spiro atoms. The molecule has 1 nitrogen and oxygen atoms in total. The van der Waals surface area contributed by atoms with Crippen molar-refractivity contribution in [3.05, 3.63) is 41.0 Å². The number of hydrogen-bond donors (Lipinski definition) is 1. The van der Waals surface area contributed by atoms with Gasteiger partial charge in [0.05, 0.1) is 6.10 Å². The van der Waals surface area contributed by atoms with Crippen LogP contribution in [0.1, 0.15) is 82.8 Å². The lowest BCUT2D eigenvalue weighted by Crippen LogP contribution is -2.53. The fraction of sp³-hybridized carbons (Fsp3) is 0.704. The molecule has 0 aliphatic heterocycles. The first kappa shape index (κ1) is 18.9. The first-order valence-corrected chi connectivity index (χ1v) is 11.9. The van der Waals surface area contributed by atoms with Gasteiger partial charge in [-0.1, -0.05) is 62.6 Å². The molecule has 7 atom stereocenters. The zero-order valence-corrected chi connectivity index (χ0v) is 18.1. The molecule has 152 valence electrons. The molecular weight excluding hydrogens is 340 g/mol. The number of aliphatic hydroxyl groups is 1. The fourth-order valence-electron chi connectivity index (χ4n) is 8.17. The Morgan fingerprint density at radius 1 is 0.893 bits per heavy atom. The molecule has 4 fully saturated rings. The van der Waals surface area contributed by atoms with Crippen LogP contribution in [0, 0.1) is 41.4 Å². The van der Waals surface area contributed by atoms with Crippen molar-refractivity contribution in [2.45, 2.75) is 84.7 Å². The molecule has 4 aliphatic rings. The number of aliphatic hydroxyl groups excluding tert-OH is 1. The smallest absolute Gasteiger partial charge is 0.0809 e. The van der Waals surface area contributed by atoms with Gasteiger partial charge in [-0.3, -0.25) is 0 Å². The van der Waals surface area contributed by atoms with Gasteiger partial charge < -0.3 is 5.11 Å². The standard InChI is InChI=1S/C27H38O/c1-18-7-9-19(10-8-18)16-20-17-24-22-12-11-21-6-4-5-14-26(21,2)23(22)13-15-27(24,3)25(20)28/h7-10,16,21-25,28H,4-6,11-15,17H2,1-3H3/b20-16-/t21-,22+,23-,24-,25-,26+,27-/m1/s1. The molecule has 1 aromatic rings. The summed E-state index contributed by atoms with van der Waals surface area (Å²) in [6.45, 7) is 7.19. The summed E-state index contributed by atoms with van der Waals surface area (Å²) in [5.41, 5.74) is 4.52. The van der Waals surface area contributed by atoms with Crippen molar-refractivity contribution in [2.75, 3.05) is 0 Å². The van der Waals surface area contributed by atoms with Crippen molar-refractivity contribution < 1.29 is 5.11 Å². The van der Waals surface area contributed by atoms with Gasteiger partial charge in [-0.15, -0.1) is 0 Å². The first-order valence-electron chi connectivity index (χ1n) is 11.9. The number of rotatable bonds is 1. The highest BCUT2D eigenvalue weighted by Crippen LogP contribution is 2.67. The van der Waals surface area contributed by atoms with Crippen LogP contribution >= 0.6 is 0 Å². The summed E-state index contributed by atoms with van der Waals surface area (Å²) < 4.78 is 0. The molecule has 0 unspecified atom stereocenters. The molecule has 4 aliphatic carbocycles. The van der Waals surface area contributed by atoms with Crippen molar-refractivity contribution >= 4 is 6.08 Å². The Labute approximate surface area is 171 Å². The van der Waals surface area contributed by atoms with Crippen LogP contribution < -0.4 is 0 Å². The van der Waals surface area contributed by atoms with Crippen molar-refractivity contribution in [1.82, 2.24) is 0 Å². The van der Waals surface area contributed by atoms with E-state index >= 15 is 0 Å². The van der Waals surface area contributed by atoms with Gasteiger partial charge in [0, 0.05) is 5.41 Å². The van der Waals surface area contributed by atoms with Gasteiger partial charge in [-0.2, -0.15) is 0 Å². The zero-order valence-electron chi connectivity index (χ0n) is 18.1. The lowest BCUT2D eigenvalue weighted by molar-refractivity contribution is -0.119. The predicted molar refractivity (Wildman–Crippen MR) is 117 cm³/mol. The summed E-state index contributed by atoms with van der Waals surface area (Å²) in [5.74, 6) is 3.38. The third kappa shape index (κ3) is 2.76. The molecule has 1 aromatic carbocycles. The molecule has 0 amide bonds.